The third kappa shape index (κ3) is 22.8. The summed E-state index contributed by atoms with van der Waals surface area (Å²) in [6.07, 6.45) is 5.09. The standard InChI is InChI=1S/C22H33N5O5.C7H2F4O2.C4H8N2O2.C3H8.CH5N/c1-16(21(30)27-12-3-4-13-27)25-22(31)32-14-17-7-9-18(10-8-17)26-20(29)19(23-2)6-5-11-24-15-28;8-3-1-4(9)6(11)7(5(3)10)13-2-12;5-3-4(8)6-1-2-7;1-3-2;1-2/h7-10,15-16,19,23H,3-6,11-14H2,1-2H3,(H,24,28)(H,25,31)(H,26,29);1-2H;2H,1,3,5H2,(H,6,8);3H2,1-2H3;2H2,1H3/t16-,19-;;;;/m0..../s1. The molecule has 0 radical (unpaired) electrons. The predicted octanol–water partition coefficient (Wildman–Crippen LogP) is 2.01. The number of likely N-dealkylation sites (N-methyl/N-ethyl adjacent to an activating group) is 1. The van der Waals surface area contributed by atoms with Gasteiger partial charge in [0, 0.05) is 31.4 Å². The summed E-state index contributed by atoms with van der Waals surface area (Å²) in [5.74, 6) is -8.70. The molecule has 9 N–H and O–H groups in total. The van der Waals surface area contributed by atoms with Gasteiger partial charge in [-0.2, -0.15) is 8.78 Å². The van der Waals surface area contributed by atoms with Gasteiger partial charge in [0.15, 0.2) is 11.6 Å². The van der Waals surface area contributed by atoms with E-state index in [2.05, 4.69) is 50.9 Å². The molecular formula is C37H56F4N8O9. The van der Waals surface area contributed by atoms with Gasteiger partial charge in [0.25, 0.3) is 6.47 Å². The topological polar surface area (TPSA) is 253 Å². The Hall–Kier alpha value is -5.67. The molecule has 1 aliphatic heterocycles. The molecule has 2 aromatic carbocycles. The van der Waals surface area contributed by atoms with E-state index >= 15 is 0 Å². The summed E-state index contributed by atoms with van der Waals surface area (Å²) in [6.45, 7) is 7.58. The summed E-state index contributed by atoms with van der Waals surface area (Å²) >= 11 is 0. The van der Waals surface area contributed by atoms with E-state index in [0.717, 1.165) is 31.5 Å². The first-order valence-electron chi connectivity index (χ1n) is 18.1. The number of anilines is 1. The van der Waals surface area contributed by atoms with Crippen molar-refractivity contribution < 1.29 is 60.6 Å². The fourth-order valence-electron chi connectivity index (χ4n) is 4.36. The second-order valence-corrected chi connectivity index (χ2v) is 11.6. The van der Waals surface area contributed by atoms with Crippen molar-refractivity contribution in [1.82, 2.24) is 26.2 Å². The molecule has 2 aromatic rings. The number of ether oxygens (including phenoxy) is 2. The highest BCUT2D eigenvalue weighted by Gasteiger charge is 2.25. The molecule has 1 aliphatic rings. The molecule has 326 valence electrons. The second-order valence-electron chi connectivity index (χ2n) is 11.6. The Balaban J connectivity index is 0. The molecule has 21 heteroatoms. The van der Waals surface area contributed by atoms with Crippen LogP contribution in [0.25, 0.3) is 0 Å². The molecule has 0 aromatic heterocycles. The number of amides is 5. The van der Waals surface area contributed by atoms with E-state index in [1.54, 1.807) is 43.1 Å². The van der Waals surface area contributed by atoms with Crippen molar-refractivity contribution in [2.75, 3.05) is 52.1 Å². The Kier molecular flexibility index (Phi) is 31.4. The number of carbonyl (C=O) groups is 7. The van der Waals surface area contributed by atoms with Crippen LogP contribution in [0.4, 0.5) is 28.0 Å². The number of hydrogen-bond acceptors (Lipinski definition) is 12. The summed E-state index contributed by atoms with van der Waals surface area (Å²) < 4.78 is 58.8. The molecule has 58 heavy (non-hydrogen) atoms. The number of rotatable bonds is 17. The van der Waals surface area contributed by atoms with Crippen LogP contribution in [-0.4, -0.2) is 107 Å². The normalized spacial score (nSPS) is 11.9. The number of benzene rings is 2. The van der Waals surface area contributed by atoms with Crippen LogP contribution in [0, 0.1) is 23.3 Å². The Morgan fingerprint density at radius 2 is 1.52 bits per heavy atom. The average molecular weight is 833 g/mol. The van der Waals surface area contributed by atoms with Gasteiger partial charge in [-0.3, -0.25) is 24.0 Å². The van der Waals surface area contributed by atoms with Crippen molar-refractivity contribution in [2.24, 2.45) is 11.5 Å². The molecule has 17 nitrogen and oxygen atoms in total. The maximum Gasteiger partial charge on any atom is 0.408 e. The molecular weight excluding hydrogens is 776 g/mol. The van der Waals surface area contributed by atoms with Crippen LogP contribution < -0.4 is 42.8 Å². The second kappa shape index (κ2) is 33.5. The lowest BCUT2D eigenvalue weighted by Crippen LogP contribution is -2.46. The van der Waals surface area contributed by atoms with E-state index < -0.39 is 41.2 Å². The van der Waals surface area contributed by atoms with Gasteiger partial charge in [-0.05, 0) is 64.4 Å². The van der Waals surface area contributed by atoms with Crippen LogP contribution in [0.1, 0.15) is 58.4 Å². The van der Waals surface area contributed by atoms with Gasteiger partial charge in [-0.1, -0.05) is 32.4 Å². The van der Waals surface area contributed by atoms with Gasteiger partial charge in [0.05, 0.1) is 19.1 Å². The van der Waals surface area contributed by atoms with Crippen molar-refractivity contribution in [1.29, 1.82) is 0 Å². The zero-order chi connectivity index (χ0) is 44.5. The van der Waals surface area contributed by atoms with Crippen LogP contribution >= 0.6 is 0 Å². The zero-order valence-corrected chi connectivity index (χ0v) is 33.3. The molecule has 2 atom stereocenters. The number of nitrogens with two attached hydrogens (primary N) is 2. The Morgan fingerprint density at radius 1 is 0.948 bits per heavy atom. The Labute approximate surface area is 335 Å². The van der Waals surface area contributed by atoms with Crippen LogP contribution in [-0.2, 0) is 40.1 Å². The van der Waals surface area contributed by atoms with Crippen molar-refractivity contribution >= 4 is 48.7 Å². The smallest absolute Gasteiger partial charge is 0.408 e. The van der Waals surface area contributed by atoms with E-state index in [4.69, 9.17) is 10.5 Å². The van der Waals surface area contributed by atoms with Gasteiger partial charge >= 0.3 is 6.09 Å². The molecule has 0 unspecified atom stereocenters. The zero-order valence-electron chi connectivity index (χ0n) is 33.3. The minimum Gasteiger partial charge on any atom is -0.445 e. The first-order valence-corrected chi connectivity index (χ1v) is 18.1. The molecule has 5 amide bonds. The number of carbonyl (C=O) groups excluding carboxylic acids is 7. The SMILES string of the molecule is CCC.CN.CN[C@@H](CCCNC=O)C(=O)Nc1ccc(COC(=O)N[C@@H](C)C(=O)N2CCCC2)cc1.NCC(=O)NCC=O.O=COc1c(F)c(F)cc(F)c1F. The lowest BCUT2D eigenvalue weighted by atomic mass is 10.1. The first kappa shape index (κ1) is 54.4. The monoisotopic (exact) mass is 832 g/mol. The van der Waals surface area contributed by atoms with Gasteiger partial charge in [-0.25, -0.2) is 13.6 Å². The number of likely N-dealkylation sites (tertiary alicyclic amines) is 1. The van der Waals surface area contributed by atoms with Crippen LogP contribution in [0.3, 0.4) is 0 Å². The van der Waals surface area contributed by atoms with E-state index in [9.17, 15) is 51.1 Å². The largest absolute Gasteiger partial charge is 0.445 e. The number of halogens is 4. The van der Waals surface area contributed by atoms with Crippen molar-refractivity contribution in [3.63, 3.8) is 0 Å². The molecule has 1 heterocycles. The van der Waals surface area contributed by atoms with E-state index in [0.29, 0.717) is 37.8 Å². The summed E-state index contributed by atoms with van der Waals surface area (Å²) in [6, 6.07) is 5.98. The van der Waals surface area contributed by atoms with Gasteiger partial charge in [-0.15, -0.1) is 0 Å². The highest BCUT2D eigenvalue weighted by molar-refractivity contribution is 5.94. The number of nitrogens with one attached hydrogen (secondary N) is 5. The van der Waals surface area contributed by atoms with Gasteiger partial charge in [0.1, 0.15) is 18.9 Å². The minimum absolute atomic E-state index is 0.0162. The molecule has 0 spiro atoms. The minimum atomic E-state index is -1.74. The third-order valence-corrected chi connectivity index (χ3v) is 7.08. The predicted molar refractivity (Wildman–Crippen MR) is 207 cm³/mol. The quantitative estimate of drug-likeness (QED) is 0.0523. The highest BCUT2D eigenvalue weighted by Crippen LogP contribution is 2.25. The molecule has 1 fully saturated rings. The Morgan fingerprint density at radius 3 is 2.00 bits per heavy atom. The summed E-state index contributed by atoms with van der Waals surface area (Å²) in [5, 5.41) is 13.2. The van der Waals surface area contributed by atoms with Gasteiger partial charge in [0.2, 0.25) is 41.5 Å². The fourth-order valence-corrected chi connectivity index (χ4v) is 4.36. The molecule has 3 rings (SSSR count). The Bertz CT molecular complexity index is 1510. The number of hydrogen-bond donors (Lipinski definition) is 7. The average Bonchev–Trinajstić information content (AvgIpc) is 3.77. The lowest BCUT2D eigenvalue weighted by Gasteiger charge is -2.20. The molecule has 0 bridgehead atoms. The van der Waals surface area contributed by atoms with Crippen molar-refractivity contribution in [3.8, 4) is 5.75 Å². The van der Waals surface area contributed by atoms with Crippen molar-refractivity contribution in [3.05, 3.63) is 59.2 Å². The number of alkyl carbamates (subject to hydrolysis) is 1. The molecule has 1 saturated heterocycles. The van der Waals surface area contributed by atoms with Crippen LogP contribution in [0.2, 0.25) is 0 Å². The molecule has 0 aliphatic carbocycles. The maximum absolute atomic E-state index is 12.6. The maximum atomic E-state index is 12.6. The number of nitrogens with zero attached hydrogens (tertiary/aromatic N) is 1. The first-order chi connectivity index (χ1) is 27.7. The van der Waals surface area contributed by atoms with Crippen LogP contribution in [0.15, 0.2) is 30.3 Å². The van der Waals surface area contributed by atoms with E-state index in [1.165, 1.54) is 13.5 Å². The third-order valence-electron chi connectivity index (χ3n) is 7.08. The number of aldehydes is 1. The fraction of sp³-hybridized carbons (Fsp3) is 0.486. The summed E-state index contributed by atoms with van der Waals surface area (Å²) in [7, 11) is 3.21. The lowest BCUT2D eigenvalue weighted by molar-refractivity contribution is -0.132. The van der Waals surface area contributed by atoms with Crippen LogP contribution in [0.5, 0.6) is 5.75 Å². The highest BCUT2D eigenvalue weighted by atomic mass is 19.2. The van der Waals surface area contributed by atoms with E-state index in [1.807, 2.05) is 0 Å². The van der Waals surface area contributed by atoms with Crippen molar-refractivity contribution in [2.45, 2.75) is 71.6 Å². The molecule has 0 saturated carbocycles. The van der Waals surface area contributed by atoms with Gasteiger partial charge < -0.3 is 57.2 Å². The summed E-state index contributed by atoms with van der Waals surface area (Å²) in [5.41, 5.74) is 10.8. The van der Waals surface area contributed by atoms with E-state index in [-0.39, 0.29) is 56.0 Å². The summed E-state index contributed by atoms with van der Waals surface area (Å²) in [4.78, 5) is 78.1.